The zero-order chi connectivity index (χ0) is 38.3. The molecule has 0 saturated carbocycles. The van der Waals surface area contributed by atoms with Crippen LogP contribution in [0.15, 0.2) is 122 Å². The summed E-state index contributed by atoms with van der Waals surface area (Å²) in [6.07, 6.45) is 3.95. The summed E-state index contributed by atoms with van der Waals surface area (Å²) in [6, 6.07) is 46.6. The van der Waals surface area contributed by atoms with Crippen LogP contribution in [0.4, 0.5) is 0 Å². The van der Waals surface area contributed by atoms with Gasteiger partial charge in [-0.1, -0.05) is 126 Å². The van der Waals surface area contributed by atoms with Crippen LogP contribution in [-0.2, 0) is 37.3 Å². The molecule has 6 heterocycles. The maximum Gasteiger partial charge on any atom is 2.00 e. The third-order valence-electron chi connectivity index (χ3n) is 12.8. The van der Waals surface area contributed by atoms with Crippen LogP contribution in [0, 0.1) is 12.1 Å². The molecule has 0 radical (unpaired) electrons. The summed E-state index contributed by atoms with van der Waals surface area (Å²) >= 11 is 0. The molecule has 0 fully saturated rings. The molecule has 7 nitrogen and oxygen atoms in total. The topological polar surface area (TPSA) is 57.9 Å². The minimum Gasteiger partial charge on any atom is -0.331 e. The zero-order valence-corrected chi connectivity index (χ0v) is 35.3. The van der Waals surface area contributed by atoms with Crippen LogP contribution in [0.5, 0.6) is 0 Å². The molecular weight excluding hydrogens is 882 g/mol. The third-order valence-corrected chi connectivity index (χ3v) is 12.8. The van der Waals surface area contributed by atoms with E-state index < -0.39 is 0 Å². The first-order chi connectivity index (χ1) is 26.9. The van der Waals surface area contributed by atoms with Crippen LogP contribution in [0.3, 0.4) is 0 Å². The SMILES string of the molecule is CC(C)(C)c1ccnc(-n2c3[c-]c4c(cc3c3ccccc32)n2c3ccccc3nc2n4-c2[c-]c3c(cc2)C(C)(C)C(C)(C)c2c(-c4ccccc4)cnn2-3)c1.[Pt+2]. The van der Waals surface area contributed by atoms with E-state index >= 15 is 0 Å². The summed E-state index contributed by atoms with van der Waals surface area (Å²) in [4.78, 5) is 10.2. The Morgan fingerprint density at radius 3 is 2.19 bits per heavy atom. The number of rotatable bonds is 3. The molecule has 0 atom stereocenters. The van der Waals surface area contributed by atoms with Crippen molar-refractivity contribution in [1.29, 1.82) is 0 Å². The predicted molar refractivity (Wildman–Crippen MR) is 227 cm³/mol. The quantitative estimate of drug-likeness (QED) is 0.166. The van der Waals surface area contributed by atoms with E-state index in [2.05, 4.69) is 188 Å². The van der Waals surface area contributed by atoms with Gasteiger partial charge < -0.3 is 13.5 Å². The Balaban J connectivity index is 0.00000396. The third kappa shape index (κ3) is 4.85. The molecule has 1 aliphatic rings. The van der Waals surface area contributed by atoms with Crippen LogP contribution in [0.1, 0.15) is 65.3 Å². The Labute approximate surface area is 345 Å². The molecular formula is C49H41N7Pt. The van der Waals surface area contributed by atoms with Gasteiger partial charge in [-0.2, -0.15) is 11.2 Å². The van der Waals surface area contributed by atoms with Crippen molar-refractivity contribution in [2.24, 2.45) is 0 Å². The van der Waals surface area contributed by atoms with E-state index in [1.807, 2.05) is 12.4 Å². The minimum atomic E-state index is -0.226. The first kappa shape index (κ1) is 35.6. The van der Waals surface area contributed by atoms with E-state index in [-0.39, 0.29) is 37.3 Å². The molecule has 10 aromatic rings. The normalized spacial score (nSPS) is 14.7. The number of fused-ring (bicyclic) bond motifs is 11. The van der Waals surface area contributed by atoms with Crippen LogP contribution in [-0.4, -0.2) is 33.3 Å². The van der Waals surface area contributed by atoms with Crippen molar-refractivity contribution in [2.75, 3.05) is 0 Å². The molecule has 0 N–H and O–H groups in total. The van der Waals surface area contributed by atoms with Crippen molar-refractivity contribution < 1.29 is 21.1 Å². The fourth-order valence-electron chi connectivity index (χ4n) is 9.08. The van der Waals surface area contributed by atoms with Gasteiger partial charge in [-0.15, -0.1) is 29.8 Å². The van der Waals surface area contributed by atoms with Gasteiger partial charge in [0.05, 0.1) is 22.9 Å². The van der Waals surface area contributed by atoms with Crippen LogP contribution in [0.2, 0.25) is 0 Å². The number of pyridine rings is 1. The largest absolute Gasteiger partial charge is 2.00 e. The van der Waals surface area contributed by atoms with E-state index in [9.17, 15) is 0 Å². The van der Waals surface area contributed by atoms with Crippen molar-refractivity contribution in [3.8, 4) is 28.3 Å². The van der Waals surface area contributed by atoms with E-state index in [1.165, 1.54) is 16.8 Å². The van der Waals surface area contributed by atoms with Crippen molar-refractivity contribution in [1.82, 2.24) is 33.3 Å². The summed E-state index contributed by atoms with van der Waals surface area (Å²) in [7, 11) is 0. The molecule has 5 aromatic carbocycles. The number of aromatic nitrogens is 7. The first-order valence-electron chi connectivity index (χ1n) is 19.4. The molecule has 5 aromatic heterocycles. The number of imidazole rings is 2. The summed E-state index contributed by atoms with van der Waals surface area (Å²) < 4.78 is 8.90. The Kier molecular flexibility index (Phi) is 7.57. The molecule has 282 valence electrons. The Bertz CT molecular complexity index is 3240. The van der Waals surface area contributed by atoms with E-state index in [0.29, 0.717) is 0 Å². The van der Waals surface area contributed by atoms with Crippen molar-refractivity contribution >= 4 is 49.7 Å². The maximum atomic E-state index is 5.28. The molecule has 0 aliphatic carbocycles. The fourth-order valence-corrected chi connectivity index (χ4v) is 9.08. The van der Waals surface area contributed by atoms with Crippen molar-refractivity contribution in [2.45, 2.75) is 64.7 Å². The monoisotopic (exact) mass is 922 g/mol. The second-order valence-corrected chi connectivity index (χ2v) is 17.4. The van der Waals surface area contributed by atoms with Crippen LogP contribution < -0.4 is 0 Å². The van der Waals surface area contributed by atoms with Crippen LogP contribution in [0.25, 0.3) is 78.0 Å². The number of para-hydroxylation sites is 3. The van der Waals surface area contributed by atoms with E-state index in [1.54, 1.807) is 0 Å². The van der Waals surface area contributed by atoms with Crippen molar-refractivity contribution in [3.63, 3.8) is 0 Å². The molecule has 0 spiro atoms. The predicted octanol–water partition coefficient (Wildman–Crippen LogP) is 11.2. The van der Waals surface area contributed by atoms with Gasteiger partial charge in [0.1, 0.15) is 5.82 Å². The molecule has 0 saturated heterocycles. The zero-order valence-electron chi connectivity index (χ0n) is 33.0. The Morgan fingerprint density at radius 1 is 0.667 bits per heavy atom. The summed E-state index contributed by atoms with van der Waals surface area (Å²) in [6.45, 7) is 16.1. The van der Waals surface area contributed by atoms with Gasteiger partial charge in [0.25, 0.3) is 0 Å². The van der Waals surface area contributed by atoms with E-state index in [0.717, 1.165) is 78.0 Å². The van der Waals surface area contributed by atoms with Gasteiger partial charge in [0, 0.05) is 22.7 Å². The fraction of sp³-hybridized carbons (Fsp3) is 0.204. The minimum absolute atomic E-state index is 0. The molecule has 8 heteroatoms. The number of hydrogen-bond donors (Lipinski definition) is 0. The molecule has 0 bridgehead atoms. The molecule has 0 unspecified atom stereocenters. The average Bonchev–Trinajstić information content (AvgIpc) is 3.95. The standard InChI is InChI=1S/C49H41N7.Pt/c1-47(2,3)31-23-24-50-44(25-31)54-38-19-13-11-17-33(38)34-27-42-43(28-40(34)54)53(46-52-37-18-12-14-20-39(37)55(42)46)32-21-22-36-41(26-32)56-45(49(6,7)48(36,4)5)35(29-51-56)30-15-9-8-10-16-30;/h8-25,27,29H,1-7H3;/q-2;+2. The van der Waals surface area contributed by atoms with Gasteiger partial charge in [0.15, 0.2) is 0 Å². The van der Waals surface area contributed by atoms with Crippen LogP contribution >= 0.6 is 0 Å². The number of nitrogens with zero attached hydrogens (tertiary/aromatic N) is 7. The van der Waals surface area contributed by atoms with Gasteiger partial charge in [-0.25, -0.2) is 9.97 Å². The summed E-state index contributed by atoms with van der Waals surface area (Å²) in [5.74, 6) is 1.68. The van der Waals surface area contributed by atoms with Gasteiger partial charge in [0.2, 0.25) is 5.78 Å². The van der Waals surface area contributed by atoms with Gasteiger partial charge in [-0.3, -0.25) is 4.68 Å². The van der Waals surface area contributed by atoms with Gasteiger partial charge >= 0.3 is 21.1 Å². The molecule has 1 aliphatic heterocycles. The number of hydrogen-bond acceptors (Lipinski definition) is 3. The maximum absolute atomic E-state index is 5.28. The number of benzene rings is 5. The average molecular weight is 923 g/mol. The smallest absolute Gasteiger partial charge is 0.331 e. The molecule has 0 amide bonds. The Hall–Kier alpha value is -5.78. The van der Waals surface area contributed by atoms with Crippen molar-refractivity contribution in [3.05, 3.63) is 151 Å². The van der Waals surface area contributed by atoms with Gasteiger partial charge in [-0.05, 0) is 74.4 Å². The molecule has 57 heavy (non-hydrogen) atoms. The summed E-state index contributed by atoms with van der Waals surface area (Å²) in [5.41, 5.74) is 13.3. The Morgan fingerprint density at radius 2 is 1.40 bits per heavy atom. The second kappa shape index (κ2) is 12.1. The molecule has 11 rings (SSSR count). The summed E-state index contributed by atoms with van der Waals surface area (Å²) in [5, 5.41) is 7.35. The second-order valence-electron chi connectivity index (χ2n) is 17.4. The van der Waals surface area contributed by atoms with E-state index in [4.69, 9.17) is 15.1 Å². The first-order valence-corrected chi connectivity index (χ1v) is 19.4.